The van der Waals surface area contributed by atoms with Crippen molar-refractivity contribution < 1.29 is 13.2 Å². The molecular formula is C16H17N3O3S. The molecule has 0 spiro atoms. The third kappa shape index (κ3) is 4.73. The van der Waals surface area contributed by atoms with Crippen molar-refractivity contribution in [3.8, 4) is 0 Å². The molecular weight excluding hydrogens is 314 g/mol. The van der Waals surface area contributed by atoms with Gasteiger partial charge in [0.05, 0.1) is 4.90 Å². The van der Waals surface area contributed by atoms with E-state index >= 15 is 0 Å². The zero-order valence-corrected chi connectivity index (χ0v) is 13.6. The molecule has 1 amide bonds. The number of anilines is 1. The average molecular weight is 331 g/mol. The summed E-state index contributed by atoms with van der Waals surface area (Å²) in [7, 11) is -2.10. The molecule has 0 aliphatic heterocycles. The van der Waals surface area contributed by atoms with Crippen molar-refractivity contribution >= 4 is 27.8 Å². The molecule has 120 valence electrons. The first kappa shape index (κ1) is 16.9. The van der Waals surface area contributed by atoms with E-state index in [9.17, 15) is 13.2 Å². The van der Waals surface area contributed by atoms with Crippen molar-refractivity contribution in [3.05, 3.63) is 59.8 Å². The monoisotopic (exact) mass is 331 g/mol. The van der Waals surface area contributed by atoms with Crippen LogP contribution < -0.4 is 10.0 Å². The molecule has 0 atom stereocenters. The molecule has 0 fully saturated rings. The third-order valence-electron chi connectivity index (χ3n) is 3.05. The Morgan fingerprint density at radius 3 is 2.48 bits per heavy atom. The van der Waals surface area contributed by atoms with Gasteiger partial charge in [-0.05, 0) is 55.4 Å². The number of amides is 1. The fourth-order valence-electron chi connectivity index (χ4n) is 1.82. The summed E-state index contributed by atoms with van der Waals surface area (Å²) in [4.78, 5) is 16.0. The van der Waals surface area contributed by atoms with Gasteiger partial charge in [0.15, 0.2) is 0 Å². The Bertz CT molecular complexity index is 828. The van der Waals surface area contributed by atoms with E-state index in [2.05, 4.69) is 15.0 Å². The summed E-state index contributed by atoms with van der Waals surface area (Å²) >= 11 is 0. The van der Waals surface area contributed by atoms with Gasteiger partial charge in [-0.15, -0.1) is 0 Å². The molecule has 1 aromatic heterocycles. The van der Waals surface area contributed by atoms with Crippen LogP contribution in [0.25, 0.3) is 6.08 Å². The van der Waals surface area contributed by atoms with Crippen LogP contribution in [0.15, 0.2) is 53.6 Å². The normalized spacial score (nSPS) is 11.6. The van der Waals surface area contributed by atoms with E-state index in [-0.39, 0.29) is 10.8 Å². The Morgan fingerprint density at radius 2 is 1.87 bits per heavy atom. The fraction of sp³-hybridized carbons (Fsp3) is 0.125. The Labute approximate surface area is 135 Å². The van der Waals surface area contributed by atoms with Crippen LogP contribution in [0.3, 0.4) is 0 Å². The van der Waals surface area contributed by atoms with Gasteiger partial charge in [-0.2, -0.15) is 0 Å². The maximum Gasteiger partial charge on any atom is 0.249 e. The molecule has 7 heteroatoms. The second-order valence-corrected chi connectivity index (χ2v) is 6.70. The van der Waals surface area contributed by atoms with Gasteiger partial charge in [0.1, 0.15) is 5.82 Å². The highest BCUT2D eigenvalue weighted by Crippen LogP contribution is 2.11. The number of aryl methyl sites for hydroxylation is 1. The van der Waals surface area contributed by atoms with Crippen molar-refractivity contribution in [1.82, 2.24) is 9.71 Å². The summed E-state index contributed by atoms with van der Waals surface area (Å²) in [6.45, 7) is 1.91. The molecule has 2 aromatic rings. The minimum absolute atomic E-state index is 0.172. The van der Waals surface area contributed by atoms with Gasteiger partial charge in [0, 0.05) is 12.3 Å². The Kier molecular flexibility index (Phi) is 5.25. The lowest BCUT2D eigenvalue weighted by atomic mass is 10.2. The summed E-state index contributed by atoms with van der Waals surface area (Å²) in [5.41, 5.74) is 1.72. The van der Waals surface area contributed by atoms with Gasteiger partial charge in [-0.3, -0.25) is 4.79 Å². The fourth-order valence-corrected chi connectivity index (χ4v) is 2.55. The van der Waals surface area contributed by atoms with E-state index in [0.717, 1.165) is 5.56 Å². The highest BCUT2D eigenvalue weighted by atomic mass is 32.2. The maximum absolute atomic E-state index is 11.8. The van der Waals surface area contributed by atoms with Crippen LogP contribution in [0.4, 0.5) is 5.82 Å². The topological polar surface area (TPSA) is 88.2 Å². The predicted octanol–water partition coefficient (Wildman–Crippen LogP) is 1.95. The van der Waals surface area contributed by atoms with Crippen molar-refractivity contribution in [2.75, 3.05) is 12.4 Å². The SMILES string of the molecule is CNS(=O)(=O)c1ccc(/C=C/C(=O)Nc2cc(C)ccn2)cc1. The van der Waals surface area contributed by atoms with Crippen LogP contribution in [0.2, 0.25) is 0 Å². The molecule has 1 heterocycles. The molecule has 2 rings (SSSR count). The number of hydrogen-bond acceptors (Lipinski definition) is 4. The van der Waals surface area contributed by atoms with Gasteiger partial charge < -0.3 is 5.32 Å². The van der Waals surface area contributed by atoms with Gasteiger partial charge in [0.25, 0.3) is 0 Å². The second-order valence-electron chi connectivity index (χ2n) is 4.82. The number of nitrogens with one attached hydrogen (secondary N) is 2. The number of sulfonamides is 1. The number of carbonyl (C=O) groups excluding carboxylic acids is 1. The highest BCUT2D eigenvalue weighted by Gasteiger charge is 2.09. The lowest BCUT2D eigenvalue weighted by Crippen LogP contribution is -2.18. The van der Waals surface area contributed by atoms with Crippen molar-refractivity contribution in [2.45, 2.75) is 11.8 Å². The number of aromatic nitrogens is 1. The molecule has 0 radical (unpaired) electrons. The number of hydrogen-bond donors (Lipinski definition) is 2. The lowest BCUT2D eigenvalue weighted by Gasteiger charge is -2.03. The van der Waals surface area contributed by atoms with Crippen LogP contribution in [0, 0.1) is 6.92 Å². The van der Waals surface area contributed by atoms with Gasteiger partial charge in [-0.1, -0.05) is 12.1 Å². The minimum atomic E-state index is -3.45. The van der Waals surface area contributed by atoms with Crippen molar-refractivity contribution in [3.63, 3.8) is 0 Å². The maximum atomic E-state index is 11.8. The predicted molar refractivity (Wildman–Crippen MR) is 89.3 cm³/mol. The van der Waals surface area contributed by atoms with E-state index in [0.29, 0.717) is 11.4 Å². The summed E-state index contributed by atoms with van der Waals surface area (Å²) in [6.07, 6.45) is 4.59. The molecule has 1 aromatic carbocycles. The van der Waals surface area contributed by atoms with E-state index in [4.69, 9.17) is 0 Å². The van der Waals surface area contributed by atoms with Crippen LogP contribution >= 0.6 is 0 Å². The molecule has 0 saturated heterocycles. The zero-order chi connectivity index (χ0) is 16.9. The number of rotatable bonds is 5. The first-order valence-electron chi connectivity index (χ1n) is 6.86. The van der Waals surface area contributed by atoms with Crippen LogP contribution in [0.1, 0.15) is 11.1 Å². The quantitative estimate of drug-likeness (QED) is 0.820. The van der Waals surface area contributed by atoms with E-state index < -0.39 is 10.0 Å². The van der Waals surface area contributed by atoms with Crippen LogP contribution in [-0.4, -0.2) is 26.4 Å². The summed E-state index contributed by atoms with van der Waals surface area (Å²) < 4.78 is 25.5. The second kappa shape index (κ2) is 7.17. The molecule has 0 saturated carbocycles. The van der Waals surface area contributed by atoms with Gasteiger partial charge in [-0.25, -0.2) is 18.1 Å². The molecule has 2 N–H and O–H groups in total. The summed E-state index contributed by atoms with van der Waals surface area (Å²) in [5, 5.41) is 2.66. The number of benzene rings is 1. The molecule has 23 heavy (non-hydrogen) atoms. The number of carbonyl (C=O) groups is 1. The first-order chi connectivity index (χ1) is 10.9. The highest BCUT2D eigenvalue weighted by molar-refractivity contribution is 7.89. The van der Waals surface area contributed by atoms with E-state index in [1.165, 1.54) is 25.3 Å². The van der Waals surface area contributed by atoms with E-state index in [1.807, 2.05) is 13.0 Å². The standard InChI is InChI=1S/C16H17N3O3S/c1-12-9-10-18-15(11-12)19-16(20)8-5-13-3-6-14(7-4-13)23(21,22)17-2/h3-11,17H,1-2H3,(H,18,19,20)/b8-5+. The largest absolute Gasteiger partial charge is 0.307 e. The molecule has 0 bridgehead atoms. The van der Waals surface area contributed by atoms with Crippen LogP contribution in [0.5, 0.6) is 0 Å². The Balaban J connectivity index is 2.04. The molecule has 0 unspecified atom stereocenters. The summed E-state index contributed by atoms with van der Waals surface area (Å²) in [5.74, 6) is 0.171. The molecule has 0 aliphatic carbocycles. The summed E-state index contributed by atoms with van der Waals surface area (Å²) in [6, 6.07) is 9.81. The van der Waals surface area contributed by atoms with Crippen molar-refractivity contribution in [1.29, 1.82) is 0 Å². The zero-order valence-electron chi connectivity index (χ0n) is 12.8. The van der Waals surface area contributed by atoms with Gasteiger partial charge in [0.2, 0.25) is 15.9 Å². The van der Waals surface area contributed by atoms with E-state index in [1.54, 1.807) is 30.5 Å². The Morgan fingerprint density at radius 1 is 1.17 bits per heavy atom. The van der Waals surface area contributed by atoms with Crippen LogP contribution in [-0.2, 0) is 14.8 Å². The third-order valence-corrected chi connectivity index (χ3v) is 4.48. The minimum Gasteiger partial charge on any atom is -0.307 e. The first-order valence-corrected chi connectivity index (χ1v) is 8.34. The average Bonchev–Trinajstić information content (AvgIpc) is 2.53. The van der Waals surface area contributed by atoms with Gasteiger partial charge >= 0.3 is 0 Å². The lowest BCUT2D eigenvalue weighted by molar-refractivity contribution is -0.111. The number of nitrogens with zero attached hydrogens (tertiary/aromatic N) is 1. The Hall–Kier alpha value is -2.51. The molecule has 6 nitrogen and oxygen atoms in total. The number of pyridine rings is 1. The van der Waals surface area contributed by atoms with Crippen molar-refractivity contribution in [2.24, 2.45) is 0 Å². The molecule has 0 aliphatic rings. The smallest absolute Gasteiger partial charge is 0.249 e.